The van der Waals surface area contributed by atoms with Crippen molar-refractivity contribution in [1.82, 2.24) is 9.97 Å². The van der Waals surface area contributed by atoms with Gasteiger partial charge in [0.05, 0.1) is 4.92 Å². The van der Waals surface area contributed by atoms with E-state index in [-0.39, 0.29) is 11.5 Å². The second-order valence-electron chi connectivity index (χ2n) is 5.78. The minimum absolute atomic E-state index is 0.0861. The third-order valence-electron chi connectivity index (χ3n) is 4.13. The van der Waals surface area contributed by atoms with Crippen molar-refractivity contribution >= 4 is 17.3 Å². The summed E-state index contributed by atoms with van der Waals surface area (Å²) in [6.07, 6.45) is 7.51. The fraction of sp³-hybridized carbons (Fsp3) is 0.714. The molecule has 0 saturated heterocycles. The maximum absolute atomic E-state index is 11.2. The van der Waals surface area contributed by atoms with E-state index in [1.165, 1.54) is 32.0 Å². The summed E-state index contributed by atoms with van der Waals surface area (Å²) in [6.45, 7) is 3.01. The van der Waals surface area contributed by atoms with Crippen molar-refractivity contribution in [2.45, 2.75) is 39.0 Å². The van der Waals surface area contributed by atoms with Crippen molar-refractivity contribution in [3.8, 4) is 0 Å². The Morgan fingerprint density at radius 1 is 1.38 bits per heavy atom. The van der Waals surface area contributed by atoms with Crippen LogP contribution in [0.4, 0.5) is 17.3 Å². The third-order valence-corrected chi connectivity index (χ3v) is 4.13. The summed E-state index contributed by atoms with van der Waals surface area (Å²) in [5.41, 5.74) is -0.0861. The number of nitro groups is 1. The highest BCUT2D eigenvalue weighted by Crippen LogP contribution is 2.32. The SMILES string of the molecule is CNc1ncnc(NCCC2CCCC(C)C2)c1[N+](=O)[O-]. The van der Waals surface area contributed by atoms with Gasteiger partial charge in [-0.15, -0.1) is 0 Å². The zero-order valence-electron chi connectivity index (χ0n) is 12.6. The molecule has 1 heterocycles. The molecule has 1 aromatic heterocycles. The first kappa shape index (κ1) is 15.5. The van der Waals surface area contributed by atoms with Crippen LogP contribution in [-0.4, -0.2) is 28.5 Å². The topological polar surface area (TPSA) is 93.0 Å². The van der Waals surface area contributed by atoms with Crippen LogP contribution in [0.25, 0.3) is 0 Å². The smallest absolute Gasteiger partial charge is 0.353 e. The standard InChI is InChI=1S/C14H23N5O2/c1-10-4-3-5-11(8-10)6-7-16-14-12(19(20)21)13(15-2)17-9-18-14/h9-11H,3-8H2,1-2H3,(H2,15,16,17,18). The van der Waals surface area contributed by atoms with E-state index in [1.807, 2.05) is 0 Å². The van der Waals surface area contributed by atoms with Crippen molar-refractivity contribution in [2.75, 3.05) is 24.2 Å². The number of hydrogen-bond acceptors (Lipinski definition) is 6. The van der Waals surface area contributed by atoms with E-state index in [9.17, 15) is 10.1 Å². The van der Waals surface area contributed by atoms with E-state index in [2.05, 4.69) is 27.5 Å². The highest BCUT2D eigenvalue weighted by molar-refractivity contribution is 5.68. The van der Waals surface area contributed by atoms with Crippen LogP contribution in [0.3, 0.4) is 0 Å². The van der Waals surface area contributed by atoms with E-state index in [1.54, 1.807) is 7.05 Å². The Bertz CT molecular complexity index is 494. The summed E-state index contributed by atoms with van der Waals surface area (Å²) in [4.78, 5) is 18.6. The first-order chi connectivity index (χ1) is 10.1. The fourth-order valence-corrected chi connectivity index (χ4v) is 3.08. The molecule has 7 nitrogen and oxygen atoms in total. The van der Waals surface area contributed by atoms with Crippen molar-refractivity contribution in [3.63, 3.8) is 0 Å². The maximum Gasteiger partial charge on any atom is 0.353 e. The number of nitrogens with one attached hydrogen (secondary N) is 2. The van der Waals surface area contributed by atoms with Crippen LogP contribution in [0.1, 0.15) is 39.0 Å². The molecule has 0 bridgehead atoms. The average molecular weight is 293 g/mol. The largest absolute Gasteiger partial charge is 0.367 e. The molecule has 2 rings (SSSR count). The van der Waals surface area contributed by atoms with Crippen LogP contribution in [0.15, 0.2) is 6.33 Å². The Morgan fingerprint density at radius 2 is 2.14 bits per heavy atom. The number of aromatic nitrogens is 2. The quantitative estimate of drug-likeness (QED) is 0.618. The molecular weight excluding hydrogens is 270 g/mol. The molecule has 0 radical (unpaired) electrons. The van der Waals surface area contributed by atoms with Crippen LogP contribution in [0.2, 0.25) is 0 Å². The van der Waals surface area contributed by atoms with E-state index in [0.717, 1.165) is 12.3 Å². The summed E-state index contributed by atoms with van der Waals surface area (Å²) >= 11 is 0. The van der Waals surface area contributed by atoms with Gasteiger partial charge in [-0.05, 0) is 24.7 Å². The van der Waals surface area contributed by atoms with Gasteiger partial charge in [-0.1, -0.05) is 26.2 Å². The van der Waals surface area contributed by atoms with Crippen LogP contribution in [0, 0.1) is 22.0 Å². The molecular formula is C14H23N5O2. The van der Waals surface area contributed by atoms with Gasteiger partial charge in [-0.2, -0.15) is 0 Å². The van der Waals surface area contributed by atoms with Gasteiger partial charge in [0.2, 0.25) is 11.6 Å². The molecule has 2 atom stereocenters. The predicted octanol–water partition coefficient (Wildman–Crippen LogP) is 3.05. The highest BCUT2D eigenvalue weighted by Gasteiger charge is 2.23. The minimum atomic E-state index is -0.448. The monoisotopic (exact) mass is 293 g/mol. The Hall–Kier alpha value is -1.92. The van der Waals surface area contributed by atoms with Gasteiger partial charge >= 0.3 is 5.69 Å². The lowest BCUT2D eigenvalue weighted by molar-refractivity contribution is -0.383. The average Bonchev–Trinajstić information content (AvgIpc) is 2.46. The van der Waals surface area contributed by atoms with Gasteiger partial charge in [0.1, 0.15) is 6.33 Å². The Kier molecular flexibility index (Phi) is 5.30. The predicted molar refractivity (Wildman–Crippen MR) is 82.5 cm³/mol. The molecule has 1 aliphatic carbocycles. The molecule has 0 aromatic carbocycles. The molecule has 1 aromatic rings. The van der Waals surface area contributed by atoms with Crippen molar-refractivity contribution in [1.29, 1.82) is 0 Å². The molecule has 0 spiro atoms. The molecule has 1 saturated carbocycles. The lowest BCUT2D eigenvalue weighted by Crippen LogP contribution is -2.17. The summed E-state index contributed by atoms with van der Waals surface area (Å²) in [7, 11) is 1.61. The van der Waals surface area contributed by atoms with Crippen molar-refractivity contribution in [2.24, 2.45) is 11.8 Å². The second-order valence-corrected chi connectivity index (χ2v) is 5.78. The molecule has 21 heavy (non-hydrogen) atoms. The lowest BCUT2D eigenvalue weighted by atomic mass is 9.81. The summed E-state index contributed by atoms with van der Waals surface area (Å²) in [6, 6.07) is 0. The minimum Gasteiger partial charge on any atom is -0.367 e. The molecule has 0 amide bonds. The van der Waals surface area contributed by atoms with Crippen molar-refractivity contribution < 1.29 is 4.92 Å². The first-order valence-corrected chi connectivity index (χ1v) is 7.52. The number of anilines is 2. The van der Waals surface area contributed by atoms with E-state index in [0.29, 0.717) is 18.3 Å². The summed E-state index contributed by atoms with van der Waals surface area (Å²) in [5.74, 6) is 2.05. The Balaban J connectivity index is 1.95. The van der Waals surface area contributed by atoms with Crippen LogP contribution in [-0.2, 0) is 0 Å². The second kappa shape index (κ2) is 7.19. The maximum atomic E-state index is 11.2. The molecule has 116 valence electrons. The summed E-state index contributed by atoms with van der Waals surface area (Å²) in [5, 5.41) is 17.0. The third kappa shape index (κ3) is 4.03. The fourth-order valence-electron chi connectivity index (χ4n) is 3.08. The molecule has 2 unspecified atom stereocenters. The lowest BCUT2D eigenvalue weighted by Gasteiger charge is -2.26. The van der Waals surface area contributed by atoms with Crippen LogP contribution >= 0.6 is 0 Å². The van der Waals surface area contributed by atoms with Crippen LogP contribution in [0.5, 0.6) is 0 Å². The van der Waals surface area contributed by atoms with Gasteiger partial charge in [-0.25, -0.2) is 9.97 Å². The van der Waals surface area contributed by atoms with E-state index in [4.69, 9.17) is 0 Å². The number of hydrogen-bond donors (Lipinski definition) is 2. The molecule has 2 N–H and O–H groups in total. The zero-order valence-corrected chi connectivity index (χ0v) is 12.6. The first-order valence-electron chi connectivity index (χ1n) is 7.52. The molecule has 1 aliphatic rings. The Labute approximate surface area is 124 Å². The van der Waals surface area contributed by atoms with Gasteiger partial charge in [0, 0.05) is 13.6 Å². The normalized spacial score (nSPS) is 21.8. The summed E-state index contributed by atoms with van der Waals surface area (Å²) < 4.78 is 0. The highest BCUT2D eigenvalue weighted by atomic mass is 16.6. The van der Waals surface area contributed by atoms with E-state index >= 15 is 0 Å². The van der Waals surface area contributed by atoms with E-state index < -0.39 is 4.92 Å². The van der Waals surface area contributed by atoms with Gasteiger partial charge in [0.25, 0.3) is 0 Å². The number of nitrogens with zero attached hydrogens (tertiary/aromatic N) is 3. The zero-order chi connectivity index (χ0) is 15.2. The Morgan fingerprint density at radius 3 is 2.81 bits per heavy atom. The van der Waals surface area contributed by atoms with Gasteiger partial charge in [0.15, 0.2) is 0 Å². The van der Waals surface area contributed by atoms with Crippen LogP contribution < -0.4 is 10.6 Å². The molecule has 1 fully saturated rings. The molecule has 0 aliphatic heterocycles. The van der Waals surface area contributed by atoms with Crippen molar-refractivity contribution in [3.05, 3.63) is 16.4 Å². The molecule has 7 heteroatoms. The van der Waals surface area contributed by atoms with Gasteiger partial charge < -0.3 is 10.6 Å². The number of rotatable bonds is 6. The van der Waals surface area contributed by atoms with Gasteiger partial charge in [-0.3, -0.25) is 10.1 Å².